The molecule has 5 heteroatoms. The van der Waals surface area contributed by atoms with E-state index in [9.17, 15) is 0 Å². The highest BCUT2D eigenvalue weighted by Gasteiger charge is 2.08. The molecule has 0 aliphatic heterocycles. The normalized spacial score (nSPS) is 10.9. The Kier molecular flexibility index (Phi) is 3.24. The molecule has 0 amide bonds. The molecule has 0 unspecified atom stereocenters. The van der Waals surface area contributed by atoms with Gasteiger partial charge < -0.3 is 5.32 Å². The van der Waals surface area contributed by atoms with Crippen LogP contribution < -0.4 is 5.32 Å². The molecular weight excluding hydrogens is 322 g/mol. The van der Waals surface area contributed by atoms with Gasteiger partial charge in [-0.25, -0.2) is 9.97 Å². The molecule has 0 bridgehead atoms. The summed E-state index contributed by atoms with van der Waals surface area (Å²) in [4.78, 5) is 10.9. The van der Waals surface area contributed by atoms with Crippen molar-refractivity contribution in [3.63, 3.8) is 0 Å². The van der Waals surface area contributed by atoms with Crippen molar-refractivity contribution in [2.45, 2.75) is 13.8 Å². The van der Waals surface area contributed by atoms with E-state index in [1.807, 2.05) is 12.1 Å². The number of hydrogen-bond acceptors (Lipinski definition) is 4. The van der Waals surface area contributed by atoms with E-state index >= 15 is 0 Å². The van der Waals surface area contributed by atoms with Gasteiger partial charge in [-0.1, -0.05) is 15.9 Å². The molecule has 0 saturated heterocycles. The Bertz CT molecular complexity index is 752. The third kappa shape index (κ3) is 2.48. The van der Waals surface area contributed by atoms with Gasteiger partial charge in [0.25, 0.3) is 0 Å². The lowest BCUT2D eigenvalue weighted by atomic mass is 10.2. The molecule has 0 saturated carbocycles. The summed E-state index contributed by atoms with van der Waals surface area (Å²) in [6.45, 7) is 4.16. The quantitative estimate of drug-likeness (QED) is 0.730. The maximum absolute atomic E-state index is 4.35. The summed E-state index contributed by atoms with van der Waals surface area (Å²) in [5.74, 6) is 0.861. The van der Waals surface area contributed by atoms with E-state index in [1.54, 1.807) is 17.7 Å². The molecule has 0 atom stereocenters. The lowest BCUT2D eigenvalue weighted by Gasteiger charge is -2.09. The second kappa shape index (κ2) is 4.90. The van der Waals surface area contributed by atoms with Crippen molar-refractivity contribution in [1.29, 1.82) is 0 Å². The van der Waals surface area contributed by atoms with Crippen LogP contribution in [0.1, 0.15) is 10.4 Å². The Morgan fingerprint density at radius 3 is 2.79 bits per heavy atom. The van der Waals surface area contributed by atoms with Crippen molar-refractivity contribution in [3.8, 4) is 0 Å². The monoisotopic (exact) mass is 333 g/mol. The van der Waals surface area contributed by atoms with E-state index in [2.05, 4.69) is 57.2 Å². The van der Waals surface area contributed by atoms with E-state index in [1.165, 1.54) is 10.4 Å². The molecule has 96 valence electrons. The highest BCUT2D eigenvalue weighted by Crippen LogP contribution is 2.30. The number of aromatic nitrogens is 2. The fourth-order valence-corrected chi connectivity index (χ4v) is 3.29. The Balaban J connectivity index is 2.05. The van der Waals surface area contributed by atoms with Gasteiger partial charge in [0.05, 0.1) is 5.39 Å². The first kappa shape index (κ1) is 12.6. The van der Waals surface area contributed by atoms with E-state index in [0.717, 1.165) is 26.2 Å². The van der Waals surface area contributed by atoms with Crippen molar-refractivity contribution >= 4 is 49.0 Å². The highest BCUT2D eigenvalue weighted by molar-refractivity contribution is 9.10. The average molecular weight is 334 g/mol. The molecule has 3 aromatic rings. The maximum atomic E-state index is 4.35. The van der Waals surface area contributed by atoms with Crippen molar-refractivity contribution in [1.82, 2.24) is 9.97 Å². The van der Waals surface area contributed by atoms with Crippen LogP contribution in [0.2, 0.25) is 0 Å². The van der Waals surface area contributed by atoms with Crippen LogP contribution in [0.5, 0.6) is 0 Å². The van der Waals surface area contributed by atoms with Crippen molar-refractivity contribution in [2.75, 3.05) is 5.32 Å². The number of aryl methyl sites for hydroxylation is 2. The van der Waals surface area contributed by atoms with Gasteiger partial charge >= 0.3 is 0 Å². The standard InChI is InChI=1S/C14H12BrN3S/c1-8-5-10(15)3-4-12(8)18-13-11-6-9(2)19-14(11)17-7-16-13/h3-7H,1-2H3,(H,16,17,18). The largest absolute Gasteiger partial charge is 0.339 e. The molecule has 3 nitrogen and oxygen atoms in total. The zero-order valence-electron chi connectivity index (χ0n) is 10.6. The lowest BCUT2D eigenvalue weighted by Crippen LogP contribution is -1.96. The Morgan fingerprint density at radius 2 is 2.00 bits per heavy atom. The van der Waals surface area contributed by atoms with Gasteiger partial charge in [-0.15, -0.1) is 11.3 Å². The van der Waals surface area contributed by atoms with Crippen LogP contribution in [0.3, 0.4) is 0 Å². The summed E-state index contributed by atoms with van der Waals surface area (Å²) in [5.41, 5.74) is 2.24. The molecule has 0 radical (unpaired) electrons. The van der Waals surface area contributed by atoms with Crippen LogP contribution in [0.15, 0.2) is 35.1 Å². The van der Waals surface area contributed by atoms with Gasteiger partial charge in [-0.2, -0.15) is 0 Å². The fourth-order valence-electron chi connectivity index (χ4n) is 1.97. The summed E-state index contributed by atoms with van der Waals surface area (Å²) < 4.78 is 1.08. The number of anilines is 2. The zero-order valence-corrected chi connectivity index (χ0v) is 13.0. The van der Waals surface area contributed by atoms with Crippen LogP contribution >= 0.6 is 27.3 Å². The number of benzene rings is 1. The summed E-state index contributed by atoms with van der Waals surface area (Å²) in [6.07, 6.45) is 1.61. The van der Waals surface area contributed by atoms with Gasteiger partial charge in [0.2, 0.25) is 0 Å². The second-order valence-electron chi connectivity index (χ2n) is 4.38. The number of nitrogens with zero attached hydrogens (tertiary/aromatic N) is 2. The van der Waals surface area contributed by atoms with Gasteiger partial charge in [0, 0.05) is 15.0 Å². The fraction of sp³-hybridized carbons (Fsp3) is 0.143. The highest BCUT2D eigenvalue weighted by atomic mass is 79.9. The molecular formula is C14H12BrN3S. The summed E-state index contributed by atoms with van der Waals surface area (Å²) in [7, 11) is 0. The van der Waals surface area contributed by atoms with Gasteiger partial charge in [0.1, 0.15) is 17.0 Å². The van der Waals surface area contributed by atoms with Gasteiger partial charge in [-0.3, -0.25) is 0 Å². The van der Waals surface area contributed by atoms with E-state index < -0.39 is 0 Å². The molecule has 2 aromatic heterocycles. The molecule has 0 aliphatic rings. The van der Waals surface area contributed by atoms with Gasteiger partial charge in [-0.05, 0) is 43.7 Å². The van der Waals surface area contributed by atoms with Crippen molar-refractivity contribution in [3.05, 3.63) is 45.5 Å². The van der Waals surface area contributed by atoms with Crippen LogP contribution in [-0.4, -0.2) is 9.97 Å². The number of hydrogen-bond donors (Lipinski definition) is 1. The predicted molar refractivity (Wildman–Crippen MR) is 84.3 cm³/mol. The molecule has 0 aliphatic carbocycles. The maximum Gasteiger partial charge on any atom is 0.142 e. The van der Waals surface area contributed by atoms with Gasteiger partial charge in [0.15, 0.2) is 0 Å². The molecule has 3 rings (SSSR count). The van der Waals surface area contributed by atoms with E-state index in [0.29, 0.717) is 0 Å². The number of thiophene rings is 1. The van der Waals surface area contributed by atoms with E-state index in [4.69, 9.17) is 0 Å². The first-order valence-electron chi connectivity index (χ1n) is 5.88. The predicted octanol–water partition coefficient (Wildman–Crippen LogP) is 4.81. The minimum Gasteiger partial charge on any atom is -0.339 e. The topological polar surface area (TPSA) is 37.8 Å². The molecule has 1 N–H and O–H groups in total. The Labute approximate surface area is 123 Å². The molecule has 2 heterocycles. The third-order valence-electron chi connectivity index (χ3n) is 2.89. The Morgan fingerprint density at radius 1 is 1.16 bits per heavy atom. The first-order valence-corrected chi connectivity index (χ1v) is 7.49. The molecule has 0 fully saturated rings. The number of rotatable bonds is 2. The number of halogens is 1. The lowest BCUT2D eigenvalue weighted by molar-refractivity contribution is 1.22. The first-order chi connectivity index (χ1) is 9.13. The summed E-state index contributed by atoms with van der Waals surface area (Å²) >= 11 is 5.16. The smallest absolute Gasteiger partial charge is 0.142 e. The number of nitrogens with one attached hydrogen (secondary N) is 1. The Hall–Kier alpha value is -1.46. The van der Waals surface area contributed by atoms with Crippen molar-refractivity contribution < 1.29 is 0 Å². The summed E-state index contributed by atoms with van der Waals surface area (Å²) in [5, 5.41) is 4.47. The molecule has 19 heavy (non-hydrogen) atoms. The second-order valence-corrected chi connectivity index (χ2v) is 6.53. The van der Waals surface area contributed by atoms with Crippen LogP contribution in [0.25, 0.3) is 10.2 Å². The third-order valence-corrected chi connectivity index (χ3v) is 4.35. The van der Waals surface area contributed by atoms with E-state index in [-0.39, 0.29) is 0 Å². The van der Waals surface area contributed by atoms with Crippen LogP contribution in [0.4, 0.5) is 11.5 Å². The zero-order chi connectivity index (χ0) is 13.4. The molecule has 1 aromatic carbocycles. The van der Waals surface area contributed by atoms with Crippen LogP contribution in [0, 0.1) is 13.8 Å². The molecule has 0 spiro atoms. The summed E-state index contributed by atoms with van der Waals surface area (Å²) in [6, 6.07) is 8.27. The minimum atomic E-state index is 0.861. The SMILES string of the molecule is Cc1cc2c(Nc3ccc(Br)cc3C)ncnc2s1. The van der Waals surface area contributed by atoms with Crippen LogP contribution in [-0.2, 0) is 0 Å². The average Bonchev–Trinajstić information content (AvgIpc) is 2.74. The minimum absolute atomic E-state index is 0.861. The van der Waals surface area contributed by atoms with Crippen molar-refractivity contribution in [2.24, 2.45) is 0 Å². The number of fused-ring (bicyclic) bond motifs is 1.